The van der Waals surface area contributed by atoms with Crippen LogP contribution in [0.4, 0.5) is 5.69 Å². The summed E-state index contributed by atoms with van der Waals surface area (Å²) >= 11 is 6.01. The van der Waals surface area contributed by atoms with Gasteiger partial charge >= 0.3 is 17.1 Å². The average molecular weight is 692 g/mol. The Bertz CT molecular complexity index is 1260. The van der Waals surface area contributed by atoms with Gasteiger partial charge in [0.2, 0.25) is 0 Å². The zero-order valence-corrected chi connectivity index (χ0v) is 28.4. The first-order valence-electron chi connectivity index (χ1n) is 15.6. The normalized spacial score (nSPS) is 30.0. The Hall–Kier alpha value is -1.04. The van der Waals surface area contributed by atoms with Crippen LogP contribution in [0.5, 0.6) is 0 Å². The zero-order valence-electron chi connectivity index (χ0n) is 26.6. The van der Waals surface area contributed by atoms with Crippen LogP contribution in [0.25, 0.3) is 10.9 Å². The maximum Gasteiger partial charge on any atom is 2.00 e. The van der Waals surface area contributed by atoms with Gasteiger partial charge in [-0.2, -0.15) is 0 Å². The molecule has 3 aliphatic heterocycles. The molecule has 1 aromatic carbocycles. The van der Waals surface area contributed by atoms with Crippen LogP contribution < -0.4 is 10.6 Å². The van der Waals surface area contributed by atoms with E-state index in [1.54, 1.807) is 0 Å². The molecular weight excluding hydrogens is 650 g/mol. The zero-order chi connectivity index (χ0) is 31.4. The molecule has 11 heteroatoms. The molecule has 0 spiro atoms. The molecule has 4 heterocycles. The summed E-state index contributed by atoms with van der Waals surface area (Å²) in [5.41, 5.74) is 2.03. The summed E-state index contributed by atoms with van der Waals surface area (Å²) in [5, 5.41) is 8.75. The second kappa shape index (κ2) is 16.1. The minimum absolute atomic E-state index is 0. The Morgan fingerprint density at radius 1 is 0.848 bits per heavy atom. The summed E-state index contributed by atoms with van der Waals surface area (Å²) in [7, 11) is 0. The van der Waals surface area contributed by atoms with E-state index in [9.17, 15) is 0 Å². The molecule has 2 aliphatic carbocycles. The number of nitrogens with zero attached hydrogens (tertiary/aromatic N) is 1. The largest absolute Gasteiger partial charge is 2.00 e. The van der Waals surface area contributed by atoms with E-state index in [4.69, 9.17) is 40.0 Å². The van der Waals surface area contributed by atoms with E-state index in [0.29, 0.717) is 11.6 Å². The molecule has 5 aliphatic rings. The summed E-state index contributed by atoms with van der Waals surface area (Å²) in [6.07, 6.45) is 18.4. The fourth-order valence-electron chi connectivity index (χ4n) is 5.96. The van der Waals surface area contributed by atoms with Gasteiger partial charge in [0, 0.05) is 48.2 Å². The van der Waals surface area contributed by atoms with Crippen LogP contribution in [0.2, 0.25) is 5.02 Å². The van der Waals surface area contributed by atoms with Crippen LogP contribution in [-0.2, 0) is 45.5 Å². The molecule has 246 valence electrons. The third-order valence-corrected chi connectivity index (χ3v) is 8.14. The smallest absolute Gasteiger partial charge is 0.384 e. The van der Waals surface area contributed by atoms with Gasteiger partial charge in [0.25, 0.3) is 0 Å². The van der Waals surface area contributed by atoms with Gasteiger partial charge in [0.05, 0.1) is 12.1 Å². The van der Waals surface area contributed by atoms with E-state index >= 15 is 0 Å². The molecule has 5 fully saturated rings. The number of halogens is 1. The second-order valence-corrected chi connectivity index (χ2v) is 12.8. The van der Waals surface area contributed by atoms with Crippen LogP contribution >= 0.6 is 11.6 Å². The number of aromatic nitrogens is 1. The van der Waals surface area contributed by atoms with Crippen LogP contribution in [0.1, 0.15) is 34.1 Å². The minimum atomic E-state index is -0.727. The standard InChI is InChI=1S/C18H19ClN3.C17H23O6.Fe/c19-15-6-7-16-17(8-11-22-18(16)12-15)21-10-3-9-20-13-14-4-1-2-5-14;1-16(2)20-11(9-18-10-7-5-6-8-10)12-13(21-16)14-15(19-12)23-17(3,4)22-14;/h1-2,4-8,11-12,20H,3,9-10,13H2,(H,21,22);5-8,11-15H,9H2,1-4H3;/q;;+2/t;11-,12+,13-,14+,15+;/m.0./s1. The number of pyridine rings is 1. The Morgan fingerprint density at radius 3 is 2.35 bits per heavy atom. The molecule has 2 aromatic rings. The van der Waals surface area contributed by atoms with Crippen molar-refractivity contribution in [2.45, 2.75) is 76.4 Å². The fraction of sp³-hybridized carbons (Fsp3) is 0.457. The maximum atomic E-state index is 6.06. The molecule has 2 saturated carbocycles. The van der Waals surface area contributed by atoms with Gasteiger partial charge in [-0.15, -0.1) is 0 Å². The van der Waals surface area contributed by atoms with Crippen molar-refractivity contribution < 1.29 is 45.5 Å². The Labute approximate surface area is 289 Å². The third kappa shape index (κ3) is 9.35. The van der Waals surface area contributed by atoms with E-state index in [1.165, 1.54) is 5.92 Å². The summed E-state index contributed by atoms with van der Waals surface area (Å²) in [4.78, 5) is 4.35. The molecule has 1 aromatic heterocycles. The van der Waals surface area contributed by atoms with E-state index in [0.717, 1.165) is 48.7 Å². The van der Waals surface area contributed by atoms with Crippen molar-refractivity contribution in [1.29, 1.82) is 0 Å². The van der Waals surface area contributed by atoms with Crippen LogP contribution in [-0.4, -0.2) is 73.5 Å². The molecule has 0 unspecified atom stereocenters. The van der Waals surface area contributed by atoms with Gasteiger partial charge in [-0.1, -0.05) is 11.6 Å². The SMILES string of the molecule is CC1(C)O[C@H]2O[C@H]3[C@H](OC(C)(C)O[C@H]3CO[C]3[CH][CH][CH][CH]3)[C@H]2O1.Clc1ccc2c(NCCCNC[C]3[CH][CH][CH][CH]3)ccnc2c1.[Fe+2]. The summed E-state index contributed by atoms with van der Waals surface area (Å²) in [5.74, 6) is -0.0480. The number of rotatable bonds is 10. The molecule has 10 radical (unpaired) electrons. The molecule has 2 N–H and O–H groups in total. The first-order chi connectivity index (χ1) is 21.7. The van der Waals surface area contributed by atoms with Gasteiger partial charge in [-0.05, 0) is 109 Å². The van der Waals surface area contributed by atoms with E-state index in [-0.39, 0.29) is 41.5 Å². The number of hydrogen-bond acceptors (Lipinski definition) is 9. The molecule has 9 nitrogen and oxygen atoms in total. The predicted molar refractivity (Wildman–Crippen MR) is 172 cm³/mol. The number of nitrogens with one attached hydrogen (secondary N) is 2. The van der Waals surface area contributed by atoms with Gasteiger partial charge in [-0.3, -0.25) is 4.98 Å². The van der Waals surface area contributed by atoms with Crippen molar-refractivity contribution in [3.63, 3.8) is 0 Å². The first kappa shape index (κ1) is 36.2. The summed E-state index contributed by atoms with van der Waals surface area (Å²) in [6, 6.07) is 7.82. The summed E-state index contributed by atoms with van der Waals surface area (Å²) in [6.45, 7) is 10.8. The number of ether oxygens (including phenoxy) is 6. The van der Waals surface area contributed by atoms with Crippen LogP contribution in [0.15, 0.2) is 30.5 Å². The van der Waals surface area contributed by atoms with Gasteiger partial charge in [0.1, 0.15) is 30.5 Å². The number of benzene rings is 1. The van der Waals surface area contributed by atoms with E-state index in [2.05, 4.69) is 41.3 Å². The number of hydrogen-bond donors (Lipinski definition) is 2. The number of fused-ring (bicyclic) bond motifs is 4. The van der Waals surface area contributed by atoms with Crippen LogP contribution in [0, 0.1) is 63.4 Å². The molecule has 3 saturated heterocycles. The van der Waals surface area contributed by atoms with E-state index < -0.39 is 17.9 Å². The molecular formula is C35H42ClFeN3O6+2. The topological polar surface area (TPSA) is 92.3 Å². The molecule has 0 amide bonds. The number of anilines is 1. The molecule has 7 rings (SSSR count). The first-order valence-corrected chi connectivity index (χ1v) is 15.9. The predicted octanol–water partition coefficient (Wildman–Crippen LogP) is 5.44. The van der Waals surface area contributed by atoms with Crippen LogP contribution in [0.3, 0.4) is 0 Å². The Balaban J connectivity index is 0.000000178. The fourth-order valence-corrected chi connectivity index (χ4v) is 6.13. The second-order valence-electron chi connectivity index (χ2n) is 12.4. The molecule has 5 atom stereocenters. The van der Waals surface area contributed by atoms with Crippen molar-refractivity contribution in [3.05, 3.63) is 98.9 Å². The van der Waals surface area contributed by atoms with Crippen molar-refractivity contribution in [1.82, 2.24) is 10.3 Å². The summed E-state index contributed by atoms with van der Waals surface area (Å²) < 4.78 is 35.7. The van der Waals surface area contributed by atoms with Crippen molar-refractivity contribution in [3.8, 4) is 0 Å². The molecule has 46 heavy (non-hydrogen) atoms. The third-order valence-electron chi connectivity index (χ3n) is 7.91. The van der Waals surface area contributed by atoms with E-state index in [1.807, 2.05) is 83.8 Å². The Morgan fingerprint density at radius 2 is 1.57 bits per heavy atom. The van der Waals surface area contributed by atoms with Gasteiger partial charge in [-0.25, -0.2) is 0 Å². The van der Waals surface area contributed by atoms with Crippen molar-refractivity contribution in [2.75, 3.05) is 31.6 Å². The van der Waals surface area contributed by atoms with Crippen molar-refractivity contribution >= 4 is 28.2 Å². The monoisotopic (exact) mass is 691 g/mol. The maximum absolute atomic E-state index is 6.06. The van der Waals surface area contributed by atoms with Gasteiger partial charge < -0.3 is 39.1 Å². The minimum Gasteiger partial charge on any atom is -0.384 e. The van der Waals surface area contributed by atoms with Gasteiger partial charge in [0.15, 0.2) is 17.9 Å². The van der Waals surface area contributed by atoms with Crippen molar-refractivity contribution in [2.24, 2.45) is 0 Å². The quantitative estimate of drug-likeness (QED) is 0.250. The Kier molecular flexibility index (Phi) is 12.7. The molecule has 0 bridgehead atoms. The average Bonchev–Trinajstić information content (AvgIpc) is 3.80.